The van der Waals surface area contributed by atoms with Crippen LogP contribution in [0.2, 0.25) is 0 Å². The maximum absolute atomic E-state index is 8.98. The van der Waals surface area contributed by atoms with Gasteiger partial charge in [0.25, 0.3) is 0 Å². The van der Waals surface area contributed by atoms with Crippen LogP contribution in [0.1, 0.15) is 24.5 Å². The molecule has 1 fully saturated rings. The Hall–Kier alpha value is -1.53. The summed E-state index contributed by atoms with van der Waals surface area (Å²) in [5, 5.41) is 12.4. The number of nitrogens with zero attached hydrogens (tertiary/aromatic N) is 2. The van der Waals surface area contributed by atoms with Gasteiger partial charge in [-0.3, -0.25) is 0 Å². The molecule has 0 bridgehead atoms. The Morgan fingerprint density at radius 1 is 1.39 bits per heavy atom. The zero-order chi connectivity index (χ0) is 13.1. The lowest BCUT2D eigenvalue weighted by Crippen LogP contribution is -2.56. The fourth-order valence-corrected chi connectivity index (χ4v) is 2.78. The van der Waals surface area contributed by atoms with E-state index in [9.17, 15) is 0 Å². The quantitative estimate of drug-likeness (QED) is 0.867. The summed E-state index contributed by atoms with van der Waals surface area (Å²) in [6, 6.07) is 9.46. The van der Waals surface area contributed by atoms with E-state index in [1.54, 1.807) is 0 Å². The van der Waals surface area contributed by atoms with Gasteiger partial charge in [0.2, 0.25) is 0 Å². The molecule has 1 N–H and O–H groups in total. The standard InChI is InChI=1S/C15H21N3/c1-11-5-4-6-12(2)15(11)18-10-13(3)17-9-14(18)7-8-16/h4-6,13-14,17H,7,9-10H2,1-3H3. The van der Waals surface area contributed by atoms with E-state index in [4.69, 9.17) is 5.26 Å². The average molecular weight is 243 g/mol. The molecule has 0 aliphatic carbocycles. The molecule has 0 amide bonds. The van der Waals surface area contributed by atoms with E-state index >= 15 is 0 Å². The molecule has 3 heteroatoms. The van der Waals surface area contributed by atoms with Crippen LogP contribution < -0.4 is 10.2 Å². The molecule has 0 spiro atoms. The molecule has 2 unspecified atom stereocenters. The molecule has 18 heavy (non-hydrogen) atoms. The summed E-state index contributed by atoms with van der Waals surface area (Å²) in [6.07, 6.45) is 0.577. The Morgan fingerprint density at radius 2 is 2.06 bits per heavy atom. The highest BCUT2D eigenvalue weighted by atomic mass is 15.2. The van der Waals surface area contributed by atoms with Gasteiger partial charge < -0.3 is 10.2 Å². The highest BCUT2D eigenvalue weighted by Gasteiger charge is 2.27. The van der Waals surface area contributed by atoms with E-state index < -0.39 is 0 Å². The first-order valence-electron chi connectivity index (χ1n) is 6.56. The molecule has 1 aromatic carbocycles. The van der Waals surface area contributed by atoms with Crippen LogP contribution in [0, 0.1) is 25.2 Å². The summed E-state index contributed by atoms with van der Waals surface area (Å²) in [5.74, 6) is 0. The lowest BCUT2D eigenvalue weighted by Gasteiger charge is -2.41. The molecule has 1 aliphatic heterocycles. The predicted octanol–water partition coefficient (Wildman–Crippen LogP) is 2.38. The van der Waals surface area contributed by atoms with Crippen molar-refractivity contribution in [3.63, 3.8) is 0 Å². The van der Waals surface area contributed by atoms with Crippen LogP contribution >= 0.6 is 0 Å². The second kappa shape index (κ2) is 5.41. The number of para-hydroxylation sites is 1. The minimum Gasteiger partial charge on any atom is -0.364 e. The van der Waals surface area contributed by atoms with Crippen LogP contribution in [0.25, 0.3) is 0 Å². The Balaban J connectivity index is 2.35. The molecule has 2 rings (SSSR count). The summed E-state index contributed by atoms with van der Waals surface area (Å²) in [6.45, 7) is 8.36. The van der Waals surface area contributed by atoms with Crippen LogP contribution in [-0.2, 0) is 0 Å². The van der Waals surface area contributed by atoms with Crippen molar-refractivity contribution in [2.24, 2.45) is 0 Å². The first kappa shape index (κ1) is 12.9. The van der Waals surface area contributed by atoms with E-state index in [0.717, 1.165) is 13.1 Å². The maximum atomic E-state index is 8.98. The van der Waals surface area contributed by atoms with Gasteiger partial charge in [0, 0.05) is 24.8 Å². The monoisotopic (exact) mass is 243 g/mol. The zero-order valence-electron chi connectivity index (χ0n) is 11.4. The van der Waals surface area contributed by atoms with Crippen LogP contribution in [-0.4, -0.2) is 25.2 Å². The van der Waals surface area contributed by atoms with Gasteiger partial charge in [-0.2, -0.15) is 5.26 Å². The van der Waals surface area contributed by atoms with E-state index in [-0.39, 0.29) is 6.04 Å². The maximum Gasteiger partial charge on any atom is 0.0643 e. The smallest absolute Gasteiger partial charge is 0.0643 e. The van der Waals surface area contributed by atoms with E-state index in [1.165, 1.54) is 16.8 Å². The van der Waals surface area contributed by atoms with Crippen molar-refractivity contribution in [1.29, 1.82) is 5.26 Å². The second-order valence-corrected chi connectivity index (χ2v) is 5.22. The molecule has 96 valence electrons. The number of rotatable bonds is 2. The van der Waals surface area contributed by atoms with Gasteiger partial charge in [0.1, 0.15) is 0 Å². The number of nitriles is 1. The predicted molar refractivity (Wildman–Crippen MR) is 74.7 cm³/mol. The minimum atomic E-state index is 0.283. The van der Waals surface area contributed by atoms with Gasteiger partial charge in [-0.1, -0.05) is 18.2 Å². The molecule has 1 aliphatic rings. The van der Waals surface area contributed by atoms with Crippen molar-refractivity contribution in [2.75, 3.05) is 18.0 Å². The summed E-state index contributed by atoms with van der Waals surface area (Å²) >= 11 is 0. The summed E-state index contributed by atoms with van der Waals surface area (Å²) in [5.41, 5.74) is 3.91. The van der Waals surface area contributed by atoms with Crippen LogP contribution in [0.15, 0.2) is 18.2 Å². The van der Waals surface area contributed by atoms with Gasteiger partial charge in [-0.05, 0) is 31.9 Å². The normalized spacial score (nSPS) is 23.8. The topological polar surface area (TPSA) is 39.1 Å². The van der Waals surface area contributed by atoms with Crippen molar-refractivity contribution in [3.8, 4) is 6.07 Å². The number of aryl methyl sites for hydroxylation is 2. The van der Waals surface area contributed by atoms with Crippen molar-refractivity contribution < 1.29 is 0 Å². The lowest BCUT2D eigenvalue weighted by molar-refractivity contribution is 0.411. The highest BCUT2D eigenvalue weighted by Crippen LogP contribution is 2.28. The van der Waals surface area contributed by atoms with Crippen molar-refractivity contribution in [3.05, 3.63) is 29.3 Å². The Kier molecular flexibility index (Phi) is 3.88. The molecular weight excluding hydrogens is 222 g/mol. The Morgan fingerprint density at radius 3 is 2.67 bits per heavy atom. The second-order valence-electron chi connectivity index (χ2n) is 5.22. The average Bonchev–Trinajstić information content (AvgIpc) is 2.32. The molecular formula is C15H21N3. The Bertz CT molecular complexity index is 441. The third-order valence-electron chi connectivity index (χ3n) is 3.67. The number of nitrogens with one attached hydrogen (secondary N) is 1. The summed E-state index contributed by atoms with van der Waals surface area (Å²) < 4.78 is 0. The minimum absolute atomic E-state index is 0.283. The number of benzene rings is 1. The van der Waals surface area contributed by atoms with Crippen molar-refractivity contribution in [1.82, 2.24) is 5.32 Å². The van der Waals surface area contributed by atoms with Gasteiger partial charge in [-0.25, -0.2) is 0 Å². The molecule has 1 aromatic rings. The molecule has 0 saturated carbocycles. The molecule has 1 saturated heterocycles. The molecule has 3 nitrogen and oxygen atoms in total. The SMILES string of the molecule is Cc1cccc(C)c1N1CC(C)NCC1CC#N. The van der Waals surface area contributed by atoms with Crippen LogP contribution in [0.3, 0.4) is 0 Å². The fraction of sp³-hybridized carbons (Fsp3) is 0.533. The number of anilines is 1. The third kappa shape index (κ3) is 2.49. The van der Waals surface area contributed by atoms with Crippen molar-refractivity contribution >= 4 is 5.69 Å². The van der Waals surface area contributed by atoms with Crippen molar-refractivity contribution in [2.45, 2.75) is 39.3 Å². The first-order valence-corrected chi connectivity index (χ1v) is 6.56. The number of hydrogen-bond acceptors (Lipinski definition) is 3. The molecule has 0 radical (unpaired) electrons. The molecule has 2 atom stereocenters. The van der Waals surface area contributed by atoms with E-state index in [0.29, 0.717) is 12.5 Å². The van der Waals surface area contributed by atoms with E-state index in [1.807, 2.05) is 0 Å². The molecule has 1 heterocycles. The number of hydrogen-bond donors (Lipinski definition) is 1. The third-order valence-corrected chi connectivity index (χ3v) is 3.67. The van der Waals surface area contributed by atoms with Gasteiger partial charge >= 0.3 is 0 Å². The Labute approximate surface area is 109 Å². The summed E-state index contributed by atoms with van der Waals surface area (Å²) in [7, 11) is 0. The van der Waals surface area contributed by atoms with Gasteiger partial charge in [0.15, 0.2) is 0 Å². The largest absolute Gasteiger partial charge is 0.364 e. The van der Waals surface area contributed by atoms with Crippen LogP contribution in [0.4, 0.5) is 5.69 Å². The van der Waals surface area contributed by atoms with E-state index in [2.05, 4.69) is 55.3 Å². The van der Waals surface area contributed by atoms with Crippen LogP contribution in [0.5, 0.6) is 0 Å². The number of piperazine rings is 1. The highest BCUT2D eigenvalue weighted by molar-refractivity contribution is 5.60. The zero-order valence-corrected chi connectivity index (χ0v) is 11.4. The van der Waals surface area contributed by atoms with Gasteiger partial charge in [-0.15, -0.1) is 0 Å². The summed E-state index contributed by atoms with van der Waals surface area (Å²) in [4.78, 5) is 2.41. The lowest BCUT2D eigenvalue weighted by atomic mass is 10.0. The fourth-order valence-electron chi connectivity index (χ4n) is 2.78. The van der Waals surface area contributed by atoms with Gasteiger partial charge in [0.05, 0.1) is 18.5 Å². The first-order chi connectivity index (χ1) is 8.63. The molecule has 0 aromatic heterocycles.